The van der Waals surface area contributed by atoms with E-state index in [0.29, 0.717) is 11.2 Å². The number of anilines is 1. The number of nitrogens with one attached hydrogen (secondary N) is 1. The van der Waals surface area contributed by atoms with E-state index in [1.807, 2.05) is 0 Å². The summed E-state index contributed by atoms with van der Waals surface area (Å²) in [5.41, 5.74) is 1.47. The Balaban J connectivity index is 2.00. The minimum absolute atomic E-state index is 0.0377. The van der Waals surface area contributed by atoms with E-state index in [1.54, 1.807) is 32.3 Å². The van der Waals surface area contributed by atoms with Gasteiger partial charge in [0.25, 0.3) is 5.91 Å². The number of fused-ring (bicyclic) bond motifs is 1. The fourth-order valence-corrected chi connectivity index (χ4v) is 2.74. The lowest BCUT2D eigenvalue weighted by Gasteiger charge is -2.08. The third kappa shape index (κ3) is 2.51. The van der Waals surface area contributed by atoms with Crippen LogP contribution in [0.25, 0.3) is 11.0 Å². The van der Waals surface area contributed by atoms with Crippen LogP contribution < -0.4 is 11.0 Å². The lowest BCUT2D eigenvalue weighted by molar-refractivity contribution is 0.102. The second-order valence-electron chi connectivity index (χ2n) is 5.15. The lowest BCUT2D eigenvalue weighted by atomic mass is 10.2. The Bertz CT molecular complexity index is 971. The first kappa shape index (κ1) is 15.3. The standard InChI is InChI=1S/C16H13ClFN3O2/c1-20-12-7-6-9(8-13(12)21(2)16(20)23)19-15(22)14-10(17)4-3-5-11(14)18/h3-8H,1-2H3,(H,19,22). The quantitative estimate of drug-likeness (QED) is 0.784. The molecule has 23 heavy (non-hydrogen) atoms. The molecule has 3 aromatic rings. The molecule has 1 N–H and O–H groups in total. The second-order valence-corrected chi connectivity index (χ2v) is 5.56. The van der Waals surface area contributed by atoms with E-state index in [4.69, 9.17) is 11.6 Å². The highest BCUT2D eigenvalue weighted by atomic mass is 35.5. The van der Waals surface area contributed by atoms with Gasteiger partial charge in [0, 0.05) is 19.8 Å². The van der Waals surface area contributed by atoms with Gasteiger partial charge in [0.1, 0.15) is 5.82 Å². The number of aromatic nitrogens is 2. The Morgan fingerprint density at radius 2 is 1.83 bits per heavy atom. The molecule has 0 aliphatic carbocycles. The molecule has 0 aliphatic heterocycles. The highest BCUT2D eigenvalue weighted by Crippen LogP contribution is 2.22. The van der Waals surface area contributed by atoms with Crippen LogP contribution in [0.4, 0.5) is 10.1 Å². The summed E-state index contributed by atoms with van der Waals surface area (Å²) in [7, 11) is 3.31. The van der Waals surface area contributed by atoms with Gasteiger partial charge in [-0.15, -0.1) is 0 Å². The van der Waals surface area contributed by atoms with Gasteiger partial charge < -0.3 is 5.32 Å². The van der Waals surface area contributed by atoms with Crippen LogP contribution in [0.1, 0.15) is 10.4 Å². The van der Waals surface area contributed by atoms with E-state index < -0.39 is 11.7 Å². The van der Waals surface area contributed by atoms with Crippen molar-refractivity contribution in [3.8, 4) is 0 Å². The van der Waals surface area contributed by atoms with Gasteiger partial charge in [-0.25, -0.2) is 9.18 Å². The molecular formula is C16H13ClFN3O2. The molecule has 0 radical (unpaired) electrons. The highest BCUT2D eigenvalue weighted by Gasteiger charge is 2.16. The van der Waals surface area contributed by atoms with Crippen molar-refractivity contribution in [1.29, 1.82) is 0 Å². The zero-order valence-corrected chi connectivity index (χ0v) is 13.2. The van der Waals surface area contributed by atoms with Crippen LogP contribution in [-0.2, 0) is 14.1 Å². The Kier molecular flexibility index (Phi) is 3.69. The largest absolute Gasteiger partial charge is 0.328 e. The molecular weight excluding hydrogens is 321 g/mol. The van der Waals surface area contributed by atoms with E-state index in [0.717, 1.165) is 5.52 Å². The van der Waals surface area contributed by atoms with Crippen LogP contribution in [0.15, 0.2) is 41.2 Å². The van der Waals surface area contributed by atoms with Crippen molar-refractivity contribution in [3.05, 3.63) is 63.3 Å². The van der Waals surface area contributed by atoms with Crippen LogP contribution in [0.3, 0.4) is 0 Å². The number of carbonyl (C=O) groups excluding carboxylic acids is 1. The maximum atomic E-state index is 13.8. The number of hydrogen-bond donors (Lipinski definition) is 1. The molecule has 2 aromatic carbocycles. The molecule has 118 valence electrons. The average Bonchev–Trinajstić information content (AvgIpc) is 2.72. The molecule has 0 saturated heterocycles. The molecule has 3 rings (SSSR count). The second kappa shape index (κ2) is 5.55. The fourth-order valence-electron chi connectivity index (χ4n) is 2.49. The zero-order chi connectivity index (χ0) is 16.7. The van der Waals surface area contributed by atoms with Crippen molar-refractivity contribution in [3.63, 3.8) is 0 Å². The Labute approximate surface area is 135 Å². The number of rotatable bonds is 2. The Hall–Kier alpha value is -2.60. The maximum absolute atomic E-state index is 13.8. The summed E-state index contributed by atoms with van der Waals surface area (Å²) >= 11 is 5.89. The zero-order valence-electron chi connectivity index (χ0n) is 12.4. The number of amides is 1. The van der Waals surface area contributed by atoms with Gasteiger partial charge in [0.05, 0.1) is 21.6 Å². The molecule has 1 heterocycles. The summed E-state index contributed by atoms with van der Waals surface area (Å²) in [5.74, 6) is -1.34. The molecule has 0 spiro atoms. The van der Waals surface area contributed by atoms with Crippen LogP contribution >= 0.6 is 11.6 Å². The number of aryl methyl sites for hydroxylation is 2. The van der Waals surface area contributed by atoms with Crippen LogP contribution in [0.5, 0.6) is 0 Å². The predicted octanol–water partition coefficient (Wildman–Crippen LogP) is 2.92. The minimum Gasteiger partial charge on any atom is -0.322 e. The van der Waals surface area contributed by atoms with Crippen molar-refractivity contribution < 1.29 is 9.18 Å². The third-order valence-electron chi connectivity index (χ3n) is 3.72. The van der Waals surface area contributed by atoms with Gasteiger partial charge in [0.2, 0.25) is 0 Å². The van der Waals surface area contributed by atoms with E-state index in [2.05, 4.69) is 5.32 Å². The van der Waals surface area contributed by atoms with Crippen LogP contribution in [0, 0.1) is 5.82 Å². The SMILES string of the molecule is Cn1c(=O)n(C)c2cc(NC(=O)c3c(F)cccc3Cl)ccc21. The summed E-state index contributed by atoms with van der Waals surface area (Å²) in [6.07, 6.45) is 0. The number of hydrogen-bond acceptors (Lipinski definition) is 2. The highest BCUT2D eigenvalue weighted by molar-refractivity contribution is 6.34. The lowest BCUT2D eigenvalue weighted by Crippen LogP contribution is -2.19. The third-order valence-corrected chi connectivity index (χ3v) is 4.03. The van der Waals surface area contributed by atoms with Gasteiger partial charge >= 0.3 is 5.69 Å². The van der Waals surface area contributed by atoms with Gasteiger partial charge in [0.15, 0.2) is 0 Å². The topological polar surface area (TPSA) is 56.0 Å². The number of benzene rings is 2. The van der Waals surface area contributed by atoms with Crippen molar-refractivity contribution in [2.45, 2.75) is 0 Å². The van der Waals surface area contributed by atoms with Gasteiger partial charge in [-0.1, -0.05) is 17.7 Å². The Morgan fingerprint density at radius 3 is 2.52 bits per heavy atom. The number of imidazole rings is 1. The average molecular weight is 334 g/mol. The fraction of sp³-hybridized carbons (Fsp3) is 0.125. The first-order chi connectivity index (χ1) is 10.9. The molecule has 7 heteroatoms. The summed E-state index contributed by atoms with van der Waals surface area (Å²) in [4.78, 5) is 24.1. The van der Waals surface area contributed by atoms with Crippen molar-refractivity contribution in [2.24, 2.45) is 14.1 Å². The first-order valence-corrected chi connectivity index (χ1v) is 7.19. The summed E-state index contributed by atoms with van der Waals surface area (Å²) in [6.45, 7) is 0. The van der Waals surface area contributed by atoms with Crippen molar-refractivity contribution >= 4 is 34.2 Å². The predicted molar refractivity (Wildman–Crippen MR) is 87.5 cm³/mol. The van der Waals surface area contributed by atoms with Crippen molar-refractivity contribution in [1.82, 2.24) is 9.13 Å². The molecule has 0 saturated carbocycles. The summed E-state index contributed by atoms with van der Waals surface area (Å²) in [6, 6.07) is 9.07. The van der Waals surface area contributed by atoms with Gasteiger partial charge in [-0.05, 0) is 30.3 Å². The van der Waals surface area contributed by atoms with E-state index in [-0.39, 0.29) is 16.3 Å². The minimum atomic E-state index is -0.691. The van der Waals surface area contributed by atoms with Crippen LogP contribution in [-0.4, -0.2) is 15.0 Å². The first-order valence-electron chi connectivity index (χ1n) is 6.81. The van der Waals surface area contributed by atoms with Crippen LogP contribution in [0.2, 0.25) is 5.02 Å². The van der Waals surface area contributed by atoms with Crippen molar-refractivity contribution in [2.75, 3.05) is 5.32 Å². The maximum Gasteiger partial charge on any atom is 0.328 e. The normalized spacial score (nSPS) is 11.0. The number of nitrogens with zero attached hydrogens (tertiary/aromatic N) is 2. The van der Waals surface area contributed by atoms with E-state index in [9.17, 15) is 14.0 Å². The number of halogens is 2. The molecule has 5 nitrogen and oxygen atoms in total. The smallest absolute Gasteiger partial charge is 0.322 e. The molecule has 0 unspecified atom stereocenters. The Morgan fingerprint density at radius 1 is 1.13 bits per heavy atom. The van der Waals surface area contributed by atoms with Gasteiger partial charge in [-0.3, -0.25) is 13.9 Å². The molecule has 1 aromatic heterocycles. The molecule has 0 bridgehead atoms. The molecule has 0 aliphatic rings. The number of carbonyl (C=O) groups is 1. The molecule has 0 fully saturated rings. The molecule has 1 amide bonds. The summed E-state index contributed by atoms with van der Waals surface area (Å²) in [5, 5.41) is 2.64. The van der Waals surface area contributed by atoms with Gasteiger partial charge in [-0.2, -0.15) is 0 Å². The monoisotopic (exact) mass is 333 g/mol. The van der Waals surface area contributed by atoms with E-state index in [1.165, 1.54) is 27.3 Å². The summed E-state index contributed by atoms with van der Waals surface area (Å²) < 4.78 is 16.8. The molecule has 0 atom stereocenters. The van der Waals surface area contributed by atoms with E-state index >= 15 is 0 Å².